The zero-order chi connectivity index (χ0) is 14.5. The molecule has 5 nitrogen and oxygen atoms in total. The highest BCUT2D eigenvalue weighted by molar-refractivity contribution is 7.89. The molecule has 0 aliphatic heterocycles. The number of aliphatic carboxylic acids is 1. The van der Waals surface area contributed by atoms with E-state index in [9.17, 15) is 13.2 Å². The second kappa shape index (κ2) is 7.24. The molecular formula is C13H25NO4S. The van der Waals surface area contributed by atoms with Crippen LogP contribution in [0.4, 0.5) is 0 Å². The molecule has 1 unspecified atom stereocenters. The number of carboxylic acids is 1. The summed E-state index contributed by atoms with van der Waals surface area (Å²) < 4.78 is 26.0. The molecular weight excluding hydrogens is 266 g/mol. The smallest absolute Gasteiger partial charge is 0.318 e. The van der Waals surface area contributed by atoms with Crippen molar-refractivity contribution < 1.29 is 18.3 Å². The Morgan fingerprint density at radius 3 is 2.37 bits per heavy atom. The van der Waals surface area contributed by atoms with Crippen molar-refractivity contribution in [1.82, 2.24) is 4.31 Å². The molecule has 1 N–H and O–H groups in total. The summed E-state index contributed by atoms with van der Waals surface area (Å²) >= 11 is 0. The Kier molecular flexibility index (Phi) is 6.26. The van der Waals surface area contributed by atoms with Gasteiger partial charge < -0.3 is 5.11 Å². The predicted octanol–water partition coefficient (Wildman–Crippen LogP) is 2.08. The molecule has 0 radical (unpaired) electrons. The molecule has 0 heterocycles. The van der Waals surface area contributed by atoms with Crippen LogP contribution in [-0.2, 0) is 14.8 Å². The van der Waals surface area contributed by atoms with Crippen LogP contribution in [0, 0.1) is 5.92 Å². The molecule has 6 heteroatoms. The predicted molar refractivity (Wildman–Crippen MR) is 74.5 cm³/mol. The van der Waals surface area contributed by atoms with Gasteiger partial charge in [0.1, 0.15) is 6.54 Å². The maximum absolute atomic E-state index is 12.4. The van der Waals surface area contributed by atoms with E-state index < -0.39 is 22.5 Å². The first-order valence-electron chi connectivity index (χ1n) is 7.08. The van der Waals surface area contributed by atoms with Crippen LogP contribution in [0.25, 0.3) is 0 Å². The van der Waals surface area contributed by atoms with E-state index in [2.05, 4.69) is 0 Å². The standard InChI is InChI=1S/C13H25NO4S/c1-3-11(2)14(9-13(15)16)19(17,18)10-12-7-5-4-6-8-12/h11-12H,3-10H2,1-2H3,(H,15,16). The van der Waals surface area contributed by atoms with Gasteiger partial charge in [0.2, 0.25) is 10.0 Å². The van der Waals surface area contributed by atoms with Gasteiger partial charge in [-0.05, 0) is 32.1 Å². The number of hydrogen-bond donors (Lipinski definition) is 1. The van der Waals surface area contributed by atoms with Crippen LogP contribution in [0.15, 0.2) is 0 Å². The summed E-state index contributed by atoms with van der Waals surface area (Å²) in [6, 6.07) is -0.260. The van der Waals surface area contributed by atoms with Crippen LogP contribution >= 0.6 is 0 Å². The normalized spacial score (nSPS) is 19.5. The number of sulfonamides is 1. The fourth-order valence-corrected chi connectivity index (χ4v) is 4.74. The fraction of sp³-hybridized carbons (Fsp3) is 0.923. The van der Waals surface area contributed by atoms with E-state index in [1.54, 1.807) is 6.92 Å². The molecule has 0 saturated heterocycles. The Morgan fingerprint density at radius 1 is 1.32 bits per heavy atom. The first kappa shape index (κ1) is 16.4. The number of hydrogen-bond acceptors (Lipinski definition) is 3. The number of carbonyl (C=O) groups is 1. The lowest BCUT2D eigenvalue weighted by atomic mass is 9.91. The van der Waals surface area contributed by atoms with Gasteiger partial charge in [0, 0.05) is 6.04 Å². The minimum Gasteiger partial charge on any atom is -0.480 e. The largest absolute Gasteiger partial charge is 0.480 e. The first-order valence-corrected chi connectivity index (χ1v) is 8.69. The molecule has 0 aromatic rings. The van der Waals surface area contributed by atoms with Crippen LogP contribution in [0.5, 0.6) is 0 Å². The first-order chi connectivity index (χ1) is 8.86. The average Bonchev–Trinajstić information content (AvgIpc) is 2.35. The van der Waals surface area contributed by atoms with Gasteiger partial charge in [0.25, 0.3) is 0 Å². The van der Waals surface area contributed by atoms with E-state index in [0.29, 0.717) is 6.42 Å². The van der Waals surface area contributed by atoms with Gasteiger partial charge in [-0.2, -0.15) is 4.31 Å². The minimum absolute atomic E-state index is 0.102. The van der Waals surface area contributed by atoms with Gasteiger partial charge >= 0.3 is 5.97 Å². The van der Waals surface area contributed by atoms with E-state index in [1.807, 2.05) is 6.92 Å². The van der Waals surface area contributed by atoms with Gasteiger partial charge in [-0.3, -0.25) is 4.79 Å². The van der Waals surface area contributed by atoms with Crippen LogP contribution in [0.2, 0.25) is 0 Å². The second-order valence-electron chi connectivity index (χ2n) is 5.48. The highest BCUT2D eigenvalue weighted by Crippen LogP contribution is 2.26. The zero-order valence-corrected chi connectivity index (χ0v) is 12.7. The molecule has 112 valence electrons. The summed E-state index contributed by atoms with van der Waals surface area (Å²) in [7, 11) is -3.48. The Morgan fingerprint density at radius 2 is 1.89 bits per heavy atom. The van der Waals surface area contributed by atoms with Gasteiger partial charge in [-0.25, -0.2) is 8.42 Å². The number of rotatable bonds is 7. The zero-order valence-electron chi connectivity index (χ0n) is 11.8. The summed E-state index contributed by atoms with van der Waals surface area (Å²) in [6.07, 6.45) is 5.87. The van der Waals surface area contributed by atoms with Gasteiger partial charge in [0.05, 0.1) is 5.75 Å². The second-order valence-corrected chi connectivity index (χ2v) is 7.45. The van der Waals surface area contributed by atoms with Crippen molar-refractivity contribution in [3.05, 3.63) is 0 Å². The van der Waals surface area contributed by atoms with E-state index in [1.165, 1.54) is 6.42 Å². The van der Waals surface area contributed by atoms with E-state index in [4.69, 9.17) is 5.11 Å². The molecule has 1 atom stereocenters. The van der Waals surface area contributed by atoms with E-state index in [-0.39, 0.29) is 17.7 Å². The van der Waals surface area contributed by atoms with Crippen molar-refractivity contribution in [1.29, 1.82) is 0 Å². The molecule has 0 spiro atoms. The summed E-state index contributed by atoms with van der Waals surface area (Å²) in [5, 5.41) is 8.89. The maximum atomic E-state index is 12.4. The lowest BCUT2D eigenvalue weighted by Crippen LogP contribution is -2.44. The van der Waals surface area contributed by atoms with Crippen molar-refractivity contribution in [2.75, 3.05) is 12.3 Å². The van der Waals surface area contributed by atoms with Crippen molar-refractivity contribution in [2.24, 2.45) is 5.92 Å². The fourth-order valence-electron chi connectivity index (χ4n) is 2.61. The summed E-state index contributed by atoms with van der Waals surface area (Å²) in [5.41, 5.74) is 0. The lowest BCUT2D eigenvalue weighted by molar-refractivity contribution is -0.137. The van der Waals surface area contributed by atoms with Gasteiger partial charge in [-0.1, -0.05) is 26.2 Å². The SMILES string of the molecule is CCC(C)N(CC(=O)O)S(=O)(=O)CC1CCCCC1. The third-order valence-corrected chi connectivity index (χ3v) is 6.00. The highest BCUT2D eigenvalue weighted by Gasteiger charge is 2.31. The Labute approximate surface area is 116 Å². The van der Waals surface area contributed by atoms with E-state index >= 15 is 0 Å². The molecule has 0 amide bonds. The average molecular weight is 291 g/mol. The summed E-state index contributed by atoms with van der Waals surface area (Å²) in [4.78, 5) is 10.9. The lowest BCUT2D eigenvalue weighted by Gasteiger charge is -2.29. The third kappa shape index (κ3) is 5.10. The molecule has 1 saturated carbocycles. The quantitative estimate of drug-likeness (QED) is 0.779. The Balaban J connectivity index is 2.76. The third-order valence-electron chi connectivity index (χ3n) is 3.90. The molecule has 1 rings (SSSR count). The van der Waals surface area contributed by atoms with Gasteiger partial charge in [0.15, 0.2) is 0 Å². The van der Waals surface area contributed by atoms with Crippen LogP contribution < -0.4 is 0 Å². The molecule has 1 aliphatic rings. The Hall–Kier alpha value is -0.620. The van der Waals surface area contributed by atoms with Crippen molar-refractivity contribution in [2.45, 2.75) is 58.4 Å². The van der Waals surface area contributed by atoms with E-state index in [0.717, 1.165) is 30.0 Å². The van der Waals surface area contributed by atoms with Gasteiger partial charge in [-0.15, -0.1) is 0 Å². The van der Waals surface area contributed by atoms with Crippen molar-refractivity contribution >= 4 is 16.0 Å². The van der Waals surface area contributed by atoms with Crippen molar-refractivity contribution in [3.63, 3.8) is 0 Å². The molecule has 0 aromatic carbocycles. The van der Waals surface area contributed by atoms with Crippen LogP contribution in [0.3, 0.4) is 0 Å². The number of carboxylic acid groups (broad SMARTS) is 1. The molecule has 1 fully saturated rings. The maximum Gasteiger partial charge on any atom is 0.318 e. The molecule has 0 bridgehead atoms. The van der Waals surface area contributed by atoms with Crippen LogP contribution in [0.1, 0.15) is 52.4 Å². The van der Waals surface area contributed by atoms with Crippen molar-refractivity contribution in [3.8, 4) is 0 Å². The molecule has 0 aromatic heterocycles. The topological polar surface area (TPSA) is 74.7 Å². The van der Waals surface area contributed by atoms with Crippen LogP contribution in [-0.4, -0.2) is 42.1 Å². The minimum atomic E-state index is -3.48. The highest BCUT2D eigenvalue weighted by atomic mass is 32.2. The molecule has 1 aliphatic carbocycles. The monoisotopic (exact) mass is 291 g/mol. The molecule has 19 heavy (non-hydrogen) atoms. The summed E-state index contributed by atoms with van der Waals surface area (Å²) in [5.74, 6) is -0.795. The number of nitrogens with zero attached hydrogens (tertiary/aromatic N) is 1. The summed E-state index contributed by atoms with van der Waals surface area (Å²) in [6.45, 7) is 3.21. The Bertz CT molecular complexity index is 387.